The molecule has 3 atom stereocenters. The average molecular weight is 453 g/mol. The summed E-state index contributed by atoms with van der Waals surface area (Å²) in [6.07, 6.45) is -0.811. The molecule has 33 heavy (non-hydrogen) atoms. The van der Waals surface area contributed by atoms with E-state index in [2.05, 4.69) is 34.9 Å². The lowest BCUT2D eigenvalue weighted by Gasteiger charge is -2.18. The summed E-state index contributed by atoms with van der Waals surface area (Å²) in [4.78, 5) is 35.7. The molecule has 2 aromatic carbocycles. The molecule has 2 amide bonds. The molecule has 2 unspecified atom stereocenters. The molecule has 1 fully saturated rings. The summed E-state index contributed by atoms with van der Waals surface area (Å²) in [5.41, 5.74) is 4.58. The van der Waals surface area contributed by atoms with Crippen molar-refractivity contribution < 1.29 is 29.0 Å². The van der Waals surface area contributed by atoms with Crippen LogP contribution in [0.2, 0.25) is 0 Å². The summed E-state index contributed by atoms with van der Waals surface area (Å²) in [6, 6.07) is 15.8. The standard InChI is InChI=1S/C25H28N2O6/c1-15(12-22(28)26-13-16-10-11-32-23(16)24(29)30)27-25(31)33-14-21-19-8-4-2-6-17(19)18-7-3-5-9-20(18)21/h2-9,15-16,21,23H,10-14H2,1H3,(H,26,28)(H,27,31)(H,29,30)/t15-,16?,23?/m0/s1. The first-order valence-electron chi connectivity index (χ1n) is 11.2. The topological polar surface area (TPSA) is 114 Å². The van der Waals surface area contributed by atoms with Crippen LogP contribution in [0.5, 0.6) is 0 Å². The van der Waals surface area contributed by atoms with Crippen LogP contribution in [0.25, 0.3) is 11.1 Å². The zero-order valence-electron chi connectivity index (χ0n) is 18.5. The predicted octanol–water partition coefficient (Wildman–Crippen LogP) is 2.91. The van der Waals surface area contributed by atoms with Crippen LogP contribution in [-0.2, 0) is 19.1 Å². The summed E-state index contributed by atoms with van der Waals surface area (Å²) in [5, 5.41) is 14.6. The summed E-state index contributed by atoms with van der Waals surface area (Å²) in [6.45, 7) is 2.53. The minimum absolute atomic E-state index is 0.0300. The molecular formula is C25H28N2O6. The van der Waals surface area contributed by atoms with Crippen molar-refractivity contribution in [2.24, 2.45) is 5.92 Å². The van der Waals surface area contributed by atoms with Gasteiger partial charge < -0.3 is 25.2 Å². The minimum Gasteiger partial charge on any atom is -0.479 e. The van der Waals surface area contributed by atoms with Crippen molar-refractivity contribution in [2.75, 3.05) is 19.8 Å². The van der Waals surface area contributed by atoms with Crippen molar-refractivity contribution >= 4 is 18.0 Å². The maximum absolute atomic E-state index is 12.4. The van der Waals surface area contributed by atoms with E-state index < -0.39 is 24.2 Å². The van der Waals surface area contributed by atoms with E-state index in [1.807, 2.05) is 24.3 Å². The number of carboxylic acid groups (broad SMARTS) is 1. The van der Waals surface area contributed by atoms with Crippen LogP contribution >= 0.6 is 0 Å². The van der Waals surface area contributed by atoms with Gasteiger partial charge in [-0.15, -0.1) is 0 Å². The number of aliphatic carboxylic acids is 1. The van der Waals surface area contributed by atoms with E-state index in [0.29, 0.717) is 13.0 Å². The molecule has 8 heteroatoms. The number of ether oxygens (including phenoxy) is 2. The van der Waals surface area contributed by atoms with Crippen LogP contribution in [0.15, 0.2) is 48.5 Å². The van der Waals surface area contributed by atoms with Gasteiger partial charge in [0.15, 0.2) is 6.10 Å². The molecule has 0 radical (unpaired) electrons. The van der Waals surface area contributed by atoms with E-state index in [4.69, 9.17) is 14.6 Å². The molecule has 3 N–H and O–H groups in total. The van der Waals surface area contributed by atoms with Crippen LogP contribution in [-0.4, -0.2) is 55.0 Å². The lowest BCUT2D eigenvalue weighted by atomic mass is 9.98. The van der Waals surface area contributed by atoms with Gasteiger partial charge in [-0.05, 0) is 35.6 Å². The molecule has 1 aliphatic carbocycles. The Labute approximate surface area is 192 Å². The molecule has 0 bridgehead atoms. The molecule has 1 aliphatic heterocycles. The molecule has 2 aromatic rings. The van der Waals surface area contributed by atoms with Crippen LogP contribution in [0.1, 0.15) is 36.8 Å². The quantitative estimate of drug-likeness (QED) is 0.568. The van der Waals surface area contributed by atoms with Crippen molar-refractivity contribution in [3.05, 3.63) is 59.7 Å². The lowest BCUT2D eigenvalue weighted by molar-refractivity contribution is -0.149. The highest BCUT2D eigenvalue weighted by atomic mass is 16.5. The number of rotatable bonds is 8. The second kappa shape index (κ2) is 10.0. The van der Waals surface area contributed by atoms with Crippen LogP contribution in [0.4, 0.5) is 4.79 Å². The first-order valence-corrected chi connectivity index (χ1v) is 11.2. The normalized spacial score (nSPS) is 19.9. The van der Waals surface area contributed by atoms with Crippen molar-refractivity contribution in [3.8, 4) is 11.1 Å². The number of amides is 2. The summed E-state index contributed by atoms with van der Waals surface area (Å²) >= 11 is 0. The summed E-state index contributed by atoms with van der Waals surface area (Å²) < 4.78 is 10.7. The molecule has 8 nitrogen and oxygen atoms in total. The van der Waals surface area contributed by atoms with Crippen LogP contribution in [0, 0.1) is 5.92 Å². The first-order chi connectivity index (χ1) is 15.9. The smallest absolute Gasteiger partial charge is 0.407 e. The van der Waals surface area contributed by atoms with Gasteiger partial charge in [0.1, 0.15) is 6.61 Å². The molecule has 1 saturated heterocycles. The van der Waals surface area contributed by atoms with Gasteiger partial charge in [-0.3, -0.25) is 4.79 Å². The Morgan fingerprint density at radius 1 is 1.09 bits per heavy atom. The Kier molecular flexibility index (Phi) is 6.93. The van der Waals surface area contributed by atoms with Gasteiger partial charge >= 0.3 is 12.1 Å². The second-order valence-corrected chi connectivity index (χ2v) is 8.56. The van der Waals surface area contributed by atoms with Crippen LogP contribution in [0.3, 0.4) is 0 Å². The van der Waals surface area contributed by atoms with Crippen molar-refractivity contribution in [1.82, 2.24) is 10.6 Å². The lowest BCUT2D eigenvalue weighted by Crippen LogP contribution is -2.40. The maximum Gasteiger partial charge on any atom is 0.407 e. The van der Waals surface area contributed by atoms with Crippen molar-refractivity contribution in [3.63, 3.8) is 0 Å². The SMILES string of the molecule is C[C@@H](CC(=O)NCC1CCOC1C(=O)O)NC(=O)OCC1c2ccccc2-c2ccccc21. The minimum atomic E-state index is -1.02. The first kappa shape index (κ1) is 22.8. The van der Waals surface area contributed by atoms with Gasteiger partial charge in [0, 0.05) is 37.5 Å². The van der Waals surface area contributed by atoms with Gasteiger partial charge in [0.25, 0.3) is 0 Å². The van der Waals surface area contributed by atoms with Gasteiger partial charge in [0.2, 0.25) is 5.91 Å². The Morgan fingerprint density at radius 3 is 2.36 bits per heavy atom. The molecular weight excluding hydrogens is 424 g/mol. The number of alkyl carbamates (subject to hydrolysis) is 1. The number of benzene rings is 2. The molecule has 4 rings (SSSR count). The van der Waals surface area contributed by atoms with Crippen LogP contribution < -0.4 is 10.6 Å². The van der Waals surface area contributed by atoms with E-state index in [1.165, 1.54) is 0 Å². The van der Waals surface area contributed by atoms with Gasteiger partial charge in [0.05, 0.1) is 0 Å². The average Bonchev–Trinajstić information content (AvgIpc) is 3.39. The van der Waals surface area contributed by atoms with E-state index in [1.54, 1.807) is 6.92 Å². The summed E-state index contributed by atoms with van der Waals surface area (Å²) in [7, 11) is 0. The molecule has 0 saturated carbocycles. The van der Waals surface area contributed by atoms with E-state index in [-0.39, 0.29) is 37.3 Å². The largest absolute Gasteiger partial charge is 0.479 e. The van der Waals surface area contributed by atoms with Crippen molar-refractivity contribution in [2.45, 2.75) is 37.8 Å². The highest BCUT2D eigenvalue weighted by Crippen LogP contribution is 2.44. The van der Waals surface area contributed by atoms with E-state index in [9.17, 15) is 14.4 Å². The highest BCUT2D eigenvalue weighted by molar-refractivity contribution is 5.80. The number of hydrogen-bond acceptors (Lipinski definition) is 5. The maximum atomic E-state index is 12.4. The molecule has 2 aliphatic rings. The second-order valence-electron chi connectivity index (χ2n) is 8.56. The number of carbonyl (C=O) groups is 3. The zero-order valence-corrected chi connectivity index (χ0v) is 18.5. The third-order valence-corrected chi connectivity index (χ3v) is 6.22. The third-order valence-electron chi connectivity index (χ3n) is 6.22. The zero-order chi connectivity index (χ0) is 23.4. The number of fused-ring (bicyclic) bond motifs is 3. The highest BCUT2D eigenvalue weighted by Gasteiger charge is 2.34. The number of hydrogen-bond donors (Lipinski definition) is 3. The number of nitrogens with one attached hydrogen (secondary N) is 2. The molecule has 0 aromatic heterocycles. The van der Waals surface area contributed by atoms with Gasteiger partial charge in [-0.2, -0.15) is 0 Å². The molecule has 0 spiro atoms. The predicted molar refractivity (Wildman–Crippen MR) is 121 cm³/mol. The van der Waals surface area contributed by atoms with E-state index in [0.717, 1.165) is 22.3 Å². The Bertz CT molecular complexity index is 994. The molecule has 174 valence electrons. The Hall–Kier alpha value is -3.39. The summed E-state index contributed by atoms with van der Waals surface area (Å²) in [5.74, 6) is -1.57. The van der Waals surface area contributed by atoms with Gasteiger partial charge in [-0.1, -0.05) is 48.5 Å². The fourth-order valence-electron chi connectivity index (χ4n) is 4.60. The number of carbonyl (C=O) groups excluding carboxylic acids is 2. The fraction of sp³-hybridized carbons (Fsp3) is 0.400. The Balaban J connectivity index is 1.24. The molecule has 1 heterocycles. The monoisotopic (exact) mass is 452 g/mol. The third kappa shape index (κ3) is 5.17. The van der Waals surface area contributed by atoms with E-state index >= 15 is 0 Å². The fourth-order valence-corrected chi connectivity index (χ4v) is 4.60. The number of carboxylic acids is 1. The van der Waals surface area contributed by atoms with Crippen molar-refractivity contribution in [1.29, 1.82) is 0 Å². The Morgan fingerprint density at radius 2 is 1.73 bits per heavy atom. The van der Waals surface area contributed by atoms with Gasteiger partial charge in [-0.25, -0.2) is 9.59 Å².